The first kappa shape index (κ1) is 13.0. The van der Waals surface area contributed by atoms with Crippen molar-refractivity contribution in [2.45, 2.75) is 58.9 Å². The fourth-order valence-corrected chi connectivity index (χ4v) is 3.56. The van der Waals surface area contributed by atoms with E-state index in [0.29, 0.717) is 0 Å². The zero-order chi connectivity index (χ0) is 12.3. The van der Waals surface area contributed by atoms with E-state index in [9.17, 15) is 0 Å². The standard InChI is InChI=1S/C14H24N2S/c1-10-6-4-5-7-13(10)15-9-8-14-16-11(2)12(3)17-14/h10,13,15H,4-9H2,1-3H3. The number of hydrogen-bond acceptors (Lipinski definition) is 3. The fourth-order valence-electron chi connectivity index (χ4n) is 2.63. The summed E-state index contributed by atoms with van der Waals surface area (Å²) in [6.45, 7) is 7.73. The molecular weight excluding hydrogens is 228 g/mol. The fraction of sp³-hybridized carbons (Fsp3) is 0.786. The molecule has 1 aromatic heterocycles. The first-order valence-corrected chi connectivity index (χ1v) is 7.64. The second-order valence-electron chi connectivity index (χ2n) is 5.32. The van der Waals surface area contributed by atoms with E-state index < -0.39 is 0 Å². The van der Waals surface area contributed by atoms with Crippen LogP contribution in [0.15, 0.2) is 0 Å². The molecule has 2 atom stereocenters. The Balaban J connectivity index is 1.75. The second-order valence-corrected chi connectivity index (χ2v) is 6.61. The highest BCUT2D eigenvalue weighted by atomic mass is 32.1. The second kappa shape index (κ2) is 5.96. The molecule has 1 N–H and O–H groups in total. The monoisotopic (exact) mass is 252 g/mol. The van der Waals surface area contributed by atoms with Gasteiger partial charge in [-0.25, -0.2) is 4.98 Å². The Morgan fingerprint density at radius 1 is 1.29 bits per heavy atom. The molecule has 0 spiro atoms. The highest BCUT2D eigenvalue weighted by Gasteiger charge is 2.20. The number of thiazole rings is 1. The summed E-state index contributed by atoms with van der Waals surface area (Å²) in [7, 11) is 0. The number of aromatic nitrogens is 1. The number of aryl methyl sites for hydroxylation is 2. The molecule has 1 aromatic rings. The van der Waals surface area contributed by atoms with Crippen molar-refractivity contribution < 1.29 is 0 Å². The molecular formula is C14H24N2S. The molecule has 1 fully saturated rings. The Hall–Kier alpha value is -0.410. The average Bonchev–Trinajstić information content (AvgIpc) is 2.61. The van der Waals surface area contributed by atoms with Gasteiger partial charge in [0.05, 0.1) is 10.7 Å². The largest absolute Gasteiger partial charge is 0.313 e. The van der Waals surface area contributed by atoms with Crippen LogP contribution in [0, 0.1) is 19.8 Å². The van der Waals surface area contributed by atoms with Crippen LogP contribution in [0.4, 0.5) is 0 Å². The SMILES string of the molecule is Cc1nc(CCNC2CCCCC2C)sc1C. The molecule has 0 radical (unpaired) electrons. The predicted molar refractivity (Wildman–Crippen MR) is 74.7 cm³/mol. The van der Waals surface area contributed by atoms with Crippen LogP contribution in [0.25, 0.3) is 0 Å². The lowest BCUT2D eigenvalue weighted by Crippen LogP contribution is -2.38. The zero-order valence-electron chi connectivity index (χ0n) is 11.3. The van der Waals surface area contributed by atoms with Crippen LogP contribution in [-0.4, -0.2) is 17.6 Å². The van der Waals surface area contributed by atoms with Gasteiger partial charge in [0.15, 0.2) is 0 Å². The highest BCUT2D eigenvalue weighted by Crippen LogP contribution is 2.23. The molecule has 1 heterocycles. The van der Waals surface area contributed by atoms with Gasteiger partial charge in [-0.3, -0.25) is 0 Å². The van der Waals surface area contributed by atoms with Crippen molar-refractivity contribution in [1.29, 1.82) is 0 Å². The van der Waals surface area contributed by atoms with Crippen LogP contribution in [0.3, 0.4) is 0 Å². The smallest absolute Gasteiger partial charge is 0.0943 e. The molecule has 0 aromatic carbocycles. The van der Waals surface area contributed by atoms with Gasteiger partial charge in [0, 0.05) is 23.9 Å². The molecule has 0 aliphatic heterocycles. The van der Waals surface area contributed by atoms with Crippen LogP contribution < -0.4 is 5.32 Å². The average molecular weight is 252 g/mol. The minimum Gasteiger partial charge on any atom is -0.313 e. The molecule has 96 valence electrons. The molecule has 1 saturated carbocycles. The van der Waals surface area contributed by atoms with Crippen LogP contribution in [0.5, 0.6) is 0 Å². The Morgan fingerprint density at radius 2 is 2.06 bits per heavy atom. The van der Waals surface area contributed by atoms with Crippen LogP contribution >= 0.6 is 11.3 Å². The third-order valence-electron chi connectivity index (χ3n) is 3.93. The third-order valence-corrected chi connectivity index (χ3v) is 5.06. The summed E-state index contributed by atoms with van der Waals surface area (Å²) in [5, 5.41) is 5.00. The predicted octanol–water partition coefficient (Wildman–Crippen LogP) is 3.47. The first-order valence-electron chi connectivity index (χ1n) is 6.83. The molecule has 0 saturated heterocycles. The molecule has 2 rings (SSSR count). The summed E-state index contributed by atoms with van der Waals surface area (Å²) in [5.41, 5.74) is 1.20. The van der Waals surface area contributed by atoms with Crippen molar-refractivity contribution >= 4 is 11.3 Å². The van der Waals surface area contributed by atoms with Gasteiger partial charge in [0.1, 0.15) is 0 Å². The topological polar surface area (TPSA) is 24.9 Å². The van der Waals surface area contributed by atoms with E-state index in [-0.39, 0.29) is 0 Å². The van der Waals surface area contributed by atoms with Gasteiger partial charge in [-0.05, 0) is 32.6 Å². The minimum atomic E-state index is 0.742. The lowest BCUT2D eigenvalue weighted by atomic mass is 9.86. The summed E-state index contributed by atoms with van der Waals surface area (Å²) < 4.78 is 0. The molecule has 1 aliphatic carbocycles. The number of rotatable bonds is 4. The van der Waals surface area contributed by atoms with E-state index in [4.69, 9.17) is 0 Å². The first-order chi connectivity index (χ1) is 8.16. The summed E-state index contributed by atoms with van der Waals surface area (Å²) in [6, 6.07) is 0.742. The van der Waals surface area contributed by atoms with Crippen molar-refractivity contribution in [3.05, 3.63) is 15.6 Å². The Labute approximate surface area is 109 Å². The van der Waals surface area contributed by atoms with Crippen molar-refractivity contribution in [3.8, 4) is 0 Å². The van der Waals surface area contributed by atoms with Gasteiger partial charge in [-0.15, -0.1) is 11.3 Å². The molecule has 3 heteroatoms. The van der Waals surface area contributed by atoms with E-state index in [1.165, 1.54) is 41.3 Å². The van der Waals surface area contributed by atoms with E-state index in [1.807, 2.05) is 11.3 Å². The summed E-state index contributed by atoms with van der Waals surface area (Å²) in [4.78, 5) is 5.96. The summed E-state index contributed by atoms with van der Waals surface area (Å²) in [5.74, 6) is 0.850. The number of nitrogens with zero attached hydrogens (tertiary/aromatic N) is 1. The molecule has 17 heavy (non-hydrogen) atoms. The van der Waals surface area contributed by atoms with Gasteiger partial charge in [0.25, 0.3) is 0 Å². The number of hydrogen-bond donors (Lipinski definition) is 1. The quantitative estimate of drug-likeness (QED) is 0.887. The zero-order valence-corrected chi connectivity index (χ0v) is 12.1. The summed E-state index contributed by atoms with van der Waals surface area (Å²) >= 11 is 1.85. The Morgan fingerprint density at radius 3 is 2.71 bits per heavy atom. The van der Waals surface area contributed by atoms with E-state index in [2.05, 4.69) is 31.1 Å². The summed E-state index contributed by atoms with van der Waals surface area (Å²) in [6.07, 6.45) is 6.66. The molecule has 2 nitrogen and oxygen atoms in total. The maximum atomic E-state index is 4.59. The van der Waals surface area contributed by atoms with Crippen LogP contribution in [-0.2, 0) is 6.42 Å². The number of nitrogens with one attached hydrogen (secondary N) is 1. The van der Waals surface area contributed by atoms with Crippen LogP contribution in [0.1, 0.15) is 48.2 Å². The minimum absolute atomic E-state index is 0.742. The van der Waals surface area contributed by atoms with Gasteiger partial charge < -0.3 is 5.32 Å². The maximum absolute atomic E-state index is 4.59. The van der Waals surface area contributed by atoms with E-state index in [1.54, 1.807) is 0 Å². The highest BCUT2D eigenvalue weighted by molar-refractivity contribution is 7.11. The van der Waals surface area contributed by atoms with E-state index >= 15 is 0 Å². The van der Waals surface area contributed by atoms with Gasteiger partial charge >= 0.3 is 0 Å². The van der Waals surface area contributed by atoms with Gasteiger partial charge in [-0.2, -0.15) is 0 Å². The van der Waals surface area contributed by atoms with Gasteiger partial charge in [-0.1, -0.05) is 19.8 Å². The lowest BCUT2D eigenvalue weighted by Gasteiger charge is -2.29. The normalized spacial score (nSPS) is 25.1. The van der Waals surface area contributed by atoms with Crippen molar-refractivity contribution in [2.75, 3.05) is 6.54 Å². The van der Waals surface area contributed by atoms with Crippen molar-refractivity contribution in [3.63, 3.8) is 0 Å². The Kier molecular flexibility index (Phi) is 4.57. The Bertz CT molecular complexity index is 340. The lowest BCUT2D eigenvalue weighted by molar-refractivity contribution is 0.282. The van der Waals surface area contributed by atoms with Gasteiger partial charge in [0.2, 0.25) is 0 Å². The van der Waals surface area contributed by atoms with Crippen LogP contribution in [0.2, 0.25) is 0 Å². The van der Waals surface area contributed by atoms with Crippen molar-refractivity contribution in [2.24, 2.45) is 5.92 Å². The third kappa shape index (κ3) is 3.52. The molecule has 2 unspecified atom stereocenters. The van der Waals surface area contributed by atoms with E-state index in [0.717, 1.165) is 24.9 Å². The molecule has 1 aliphatic rings. The molecule has 0 bridgehead atoms. The maximum Gasteiger partial charge on any atom is 0.0943 e. The molecule has 0 amide bonds. The van der Waals surface area contributed by atoms with Crippen molar-refractivity contribution in [1.82, 2.24) is 10.3 Å².